The number of hydrogen-bond donors (Lipinski definition) is 1. The molecule has 2 amide bonds. The average molecular weight is 649 g/mol. The number of carbonyl (C=O) groups excluding carboxylic acids is 3. The van der Waals surface area contributed by atoms with Crippen LogP contribution in [0.3, 0.4) is 0 Å². The number of allylic oxidation sites excluding steroid dienone is 1. The van der Waals surface area contributed by atoms with Gasteiger partial charge in [0, 0.05) is 12.0 Å². The van der Waals surface area contributed by atoms with Crippen molar-refractivity contribution in [3.63, 3.8) is 0 Å². The van der Waals surface area contributed by atoms with E-state index in [1.54, 1.807) is 12.0 Å². The van der Waals surface area contributed by atoms with Gasteiger partial charge >= 0.3 is 12.1 Å². The third-order valence-corrected chi connectivity index (χ3v) is 10.0. The van der Waals surface area contributed by atoms with Crippen LogP contribution in [-0.4, -0.2) is 77.4 Å². The molecule has 3 heterocycles. The third-order valence-electron chi connectivity index (χ3n) is 10.0. The van der Waals surface area contributed by atoms with Gasteiger partial charge in [-0.15, -0.1) is 0 Å². The fourth-order valence-corrected chi connectivity index (χ4v) is 7.36. The summed E-state index contributed by atoms with van der Waals surface area (Å²) < 4.78 is 23.7. The van der Waals surface area contributed by atoms with Crippen molar-refractivity contribution in [2.24, 2.45) is 23.7 Å². The lowest BCUT2D eigenvalue weighted by Crippen LogP contribution is -2.55. The Balaban J connectivity index is 1.39. The molecule has 6 atom stereocenters. The second kappa shape index (κ2) is 14.5. The Morgan fingerprint density at radius 1 is 1.04 bits per heavy atom. The SMILES string of the molecule is CCC1C2CN(C(=O)C(C3CCCC3)NC(=O)OC3CC3CCCC=Cc3nc4ccc(OC)cc4nc3O2)C1C(=O)OCC(C)C. The molecule has 2 aliphatic heterocycles. The van der Waals surface area contributed by atoms with Gasteiger partial charge in [0.05, 0.1) is 31.3 Å². The maximum Gasteiger partial charge on any atom is 0.408 e. The minimum Gasteiger partial charge on any atom is -0.497 e. The number of nitrogens with one attached hydrogen (secondary N) is 1. The van der Waals surface area contributed by atoms with Crippen LogP contribution in [0.25, 0.3) is 17.1 Å². The van der Waals surface area contributed by atoms with E-state index in [4.69, 9.17) is 28.9 Å². The summed E-state index contributed by atoms with van der Waals surface area (Å²) >= 11 is 0. The summed E-state index contributed by atoms with van der Waals surface area (Å²) in [6.07, 6.45) is 10.5. The van der Waals surface area contributed by atoms with Crippen LogP contribution in [0.4, 0.5) is 4.79 Å². The fraction of sp³-hybridized carbons (Fsp3) is 0.639. The van der Waals surface area contributed by atoms with Crippen molar-refractivity contribution in [3.05, 3.63) is 30.0 Å². The summed E-state index contributed by atoms with van der Waals surface area (Å²) in [4.78, 5) is 52.9. The van der Waals surface area contributed by atoms with Crippen molar-refractivity contribution in [2.45, 2.75) is 103 Å². The lowest BCUT2D eigenvalue weighted by Gasteiger charge is -2.32. The highest BCUT2D eigenvalue weighted by Crippen LogP contribution is 2.39. The first kappa shape index (κ1) is 33.0. The molecule has 11 heteroatoms. The molecule has 254 valence electrons. The molecule has 4 aliphatic rings. The van der Waals surface area contributed by atoms with Crippen LogP contribution in [0.15, 0.2) is 24.3 Å². The number of benzene rings is 1. The number of amides is 2. The van der Waals surface area contributed by atoms with Crippen LogP contribution in [0.5, 0.6) is 11.6 Å². The van der Waals surface area contributed by atoms with E-state index in [1.807, 2.05) is 45.0 Å². The molecule has 6 rings (SSSR count). The van der Waals surface area contributed by atoms with Gasteiger partial charge in [-0.25, -0.2) is 19.6 Å². The number of rotatable bonds is 6. The lowest BCUT2D eigenvalue weighted by molar-refractivity contribution is -0.156. The Hall–Kier alpha value is -3.89. The number of esters is 1. The summed E-state index contributed by atoms with van der Waals surface area (Å²) in [6.45, 7) is 6.32. The van der Waals surface area contributed by atoms with Gasteiger partial charge < -0.3 is 29.2 Å². The van der Waals surface area contributed by atoms with Crippen molar-refractivity contribution in [1.82, 2.24) is 20.2 Å². The first-order valence-electron chi connectivity index (χ1n) is 17.4. The van der Waals surface area contributed by atoms with E-state index in [-0.39, 0.29) is 42.9 Å². The summed E-state index contributed by atoms with van der Waals surface area (Å²) in [5, 5.41) is 2.95. The van der Waals surface area contributed by atoms with Gasteiger partial charge in [0.1, 0.15) is 35.7 Å². The number of hydrogen-bond acceptors (Lipinski definition) is 9. The molecule has 0 spiro atoms. The Kier molecular flexibility index (Phi) is 10.2. The first-order chi connectivity index (χ1) is 22.7. The molecule has 1 saturated heterocycles. The molecule has 1 N–H and O–H groups in total. The zero-order valence-corrected chi connectivity index (χ0v) is 28.0. The predicted molar refractivity (Wildman–Crippen MR) is 176 cm³/mol. The van der Waals surface area contributed by atoms with Crippen LogP contribution >= 0.6 is 0 Å². The molecular formula is C36H48N4O7. The lowest BCUT2D eigenvalue weighted by atomic mass is 9.93. The highest BCUT2D eigenvalue weighted by atomic mass is 16.6. The van der Waals surface area contributed by atoms with Gasteiger partial charge in [-0.3, -0.25) is 4.79 Å². The van der Waals surface area contributed by atoms with Crippen LogP contribution in [0.2, 0.25) is 0 Å². The van der Waals surface area contributed by atoms with E-state index in [0.29, 0.717) is 40.7 Å². The zero-order valence-electron chi connectivity index (χ0n) is 28.0. The average Bonchev–Trinajstić information content (AvgIpc) is 3.40. The van der Waals surface area contributed by atoms with Crippen LogP contribution in [-0.2, 0) is 19.1 Å². The summed E-state index contributed by atoms with van der Waals surface area (Å²) in [7, 11) is 1.61. The molecule has 2 aromatic rings. The van der Waals surface area contributed by atoms with Crippen molar-refractivity contribution >= 4 is 35.1 Å². The molecule has 3 fully saturated rings. The molecule has 0 radical (unpaired) electrons. The summed E-state index contributed by atoms with van der Waals surface area (Å²) in [5.74, 6) is 0.269. The van der Waals surface area contributed by atoms with E-state index >= 15 is 0 Å². The maximum absolute atomic E-state index is 14.6. The highest BCUT2D eigenvalue weighted by molar-refractivity contribution is 5.91. The number of methoxy groups -OCH3 is 1. The molecule has 47 heavy (non-hydrogen) atoms. The number of carbonyl (C=O) groups is 3. The van der Waals surface area contributed by atoms with Crippen molar-refractivity contribution in [3.8, 4) is 11.6 Å². The minimum atomic E-state index is -0.875. The normalized spacial score (nSPS) is 28.5. The molecule has 6 unspecified atom stereocenters. The molecule has 11 nitrogen and oxygen atoms in total. The minimum absolute atomic E-state index is 0.0406. The summed E-state index contributed by atoms with van der Waals surface area (Å²) in [5.41, 5.74) is 1.92. The van der Waals surface area contributed by atoms with Gasteiger partial charge in [-0.05, 0) is 80.9 Å². The quantitative estimate of drug-likeness (QED) is 0.393. The third kappa shape index (κ3) is 7.49. The topological polar surface area (TPSA) is 129 Å². The van der Waals surface area contributed by atoms with E-state index in [2.05, 4.69) is 11.4 Å². The molecule has 1 aromatic heterocycles. The van der Waals surface area contributed by atoms with Gasteiger partial charge in [0.2, 0.25) is 11.8 Å². The van der Waals surface area contributed by atoms with Crippen LogP contribution in [0.1, 0.15) is 84.3 Å². The number of aromatic nitrogens is 2. The molecule has 1 aromatic carbocycles. The second-order valence-electron chi connectivity index (χ2n) is 13.9. The Bertz CT molecular complexity index is 1490. The van der Waals surface area contributed by atoms with E-state index in [0.717, 1.165) is 51.4 Å². The van der Waals surface area contributed by atoms with Gasteiger partial charge in [0.15, 0.2) is 0 Å². The van der Waals surface area contributed by atoms with Crippen molar-refractivity contribution in [1.29, 1.82) is 0 Å². The van der Waals surface area contributed by atoms with Gasteiger partial charge in [0.25, 0.3) is 0 Å². The Labute approximate surface area is 276 Å². The zero-order chi connectivity index (χ0) is 33.1. The van der Waals surface area contributed by atoms with Crippen molar-refractivity contribution < 1.29 is 33.3 Å². The second-order valence-corrected chi connectivity index (χ2v) is 13.9. The number of ether oxygens (including phenoxy) is 4. The van der Waals surface area contributed by atoms with Gasteiger partial charge in [-0.2, -0.15) is 0 Å². The smallest absolute Gasteiger partial charge is 0.408 e. The monoisotopic (exact) mass is 648 g/mol. The van der Waals surface area contributed by atoms with E-state index in [9.17, 15) is 14.4 Å². The van der Waals surface area contributed by atoms with Gasteiger partial charge in [-0.1, -0.05) is 39.7 Å². The maximum atomic E-state index is 14.6. The van der Waals surface area contributed by atoms with E-state index in [1.165, 1.54) is 0 Å². The van der Waals surface area contributed by atoms with Crippen LogP contribution < -0.4 is 14.8 Å². The number of alkyl carbamates (subject to hydrolysis) is 1. The Morgan fingerprint density at radius 2 is 1.83 bits per heavy atom. The highest BCUT2D eigenvalue weighted by Gasteiger charge is 2.52. The summed E-state index contributed by atoms with van der Waals surface area (Å²) in [6, 6.07) is 3.86. The molecule has 2 saturated carbocycles. The largest absolute Gasteiger partial charge is 0.497 e. The first-order valence-corrected chi connectivity index (χ1v) is 17.4. The number of fused-ring (bicyclic) bond motifs is 5. The van der Waals surface area contributed by atoms with Crippen molar-refractivity contribution in [2.75, 3.05) is 20.3 Å². The predicted octanol–water partition coefficient (Wildman–Crippen LogP) is 5.69. The fourth-order valence-electron chi connectivity index (χ4n) is 7.36. The number of nitrogens with zero attached hydrogens (tertiary/aromatic N) is 3. The Morgan fingerprint density at radius 3 is 2.57 bits per heavy atom. The van der Waals surface area contributed by atoms with Crippen LogP contribution in [0, 0.1) is 23.7 Å². The molecule has 2 aliphatic carbocycles. The standard InChI is InChI=1S/C36H48N4O7/c1-5-25-30-19-40(32(25)35(42)45-20-21(2)3)34(41)31(22-11-9-10-12-22)39-36(43)47-29-17-23(29)13-7-6-8-14-27-33(46-30)38-28-18-24(44-4)15-16-26(28)37-27/h8,14-16,18,21-23,25,29-32H,5-7,9-13,17,19-20H2,1-4H3,(H,39,43). The molecule has 2 bridgehead atoms. The molecular weight excluding hydrogens is 600 g/mol. The van der Waals surface area contributed by atoms with E-state index < -0.39 is 30.3 Å².